The van der Waals surface area contributed by atoms with Crippen molar-refractivity contribution < 1.29 is 33.0 Å². The topological polar surface area (TPSA) is 185 Å². The molecule has 1 fully saturated rings. The van der Waals surface area contributed by atoms with Crippen molar-refractivity contribution in [1.29, 1.82) is 0 Å². The predicted octanol–water partition coefficient (Wildman–Crippen LogP) is 3.01. The number of ether oxygens (including phenoxy) is 2. The third kappa shape index (κ3) is 6.48. The number of para-hydroxylation sites is 1. The highest BCUT2D eigenvalue weighted by Gasteiger charge is 2.55. The number of nitrogens with zero attached hydrogens (tertiary/aromatic N) is 4. The van der Waals surface area contributed by atoms with Crippen LogP contribution in [0.4, 0.5) is 11.8 Å². The molecule has 0 amide bonds. The van der Waals surface area contributed by atoms with Crippen molar-refractivity contribution in [1.82, 2.24) is 24.6 Å². The Morgan fingerprint density at radius 3 is 2.68 bits per heavy atom. The van der Waals surface area contributed by atoms with Gasteiger partial charge in [0.2, 0.25) is 5.95 Å². The molecule has 0 spiro atoms. The van der Waals surface area contributed by atoms with Crippen LogP contribution in [0.1, 0.15) is 27.0 Å². The monoisotopic (exact) mass is 609 g/mol. The first-order valence-electron chi connectivity index (χ1n) is 12.7. The fourth-order valence-corrected chi connectivity index (χ4v) is 5.99. The van der Waals surface area contributed by atoms with Gasteiger partial charge in [0, 0.05) is 7.05 Å². The van der Waals surface area contributed by atoms with Gasteiger partial charge in [-0.3, -0.25) is 13.9 Å². The first kappa shape index (κ1) is 30.7. The lowest BCUT2D eigenvalue weighted by Gasteiger charge is -2.27. The highest BCUT2D eigenvalue weighted by Crippen LogP contribution is 2.49. The molecule has 0 radical (unpaired) electrons. The quantitative estimate of drug-likeness (QED) is 0.102. The molecule has 16 heteroatoms. The Hall–Kier alpha value is -3.26. The average Bonchev–Trinajstić information content (AvgIpc) is 3.45. The number of imidazole rings is 1. The maximum absolute atomic E-state index is 13.9. The van der Waals surface area contributed by atoms with Gasteiger partial charge < -0.3 is 30.2 Å². The number of benzene rings is 1. The van der Waals surface area contributed by atoms with Crippen molar-refractivity contribution in [2.45, 2.75) is 56.2 Å². The largest absolute Gasteiger partial charge is 0.462 e. The highest BCUT2D eigenvalue weighted by atomic mass is 35.5. The van der Waals surface area contributed by atoms with Crippen molar-refractivity contribution in [2.24, 2.45) is 0 Å². The Bertz CT molecular complexity index is 1440. The van der Waals surface area contributed by atoms with Gasteiger partial charge in [0.05, 0.1) is 19.0 Å². The minimum Gasteiger partial charge on any atom is -0.462 e. The highest BCUT2D eigenvalue weighted by molar-refractivity contribution is 7.52. The molecule has 0 unspecified atom stereocenters. The van der Waals surface area contributed by atoms with Crippen LogP contribution in [-0.2, 0) is 23.4 Å². The molecule has 222 valence electrons. The van der Waals surface area contributed by atoms with Gasteiger partial charge in [0.15, 0.2) is 23.2 Å². The summed E-state index contributed by atoms with van der Waals surface area (Å²) in [6, 6.07) is 7.21. The minimum absolute atomic E-state index is 0.0176. The average molecular weight is 610 g/mol. The summed E-state index contributed by atoms with van der Waals surface area (Å²) in [4.78, 5) is 23.6. The second kappa shape index (κ2) is 12.3. The third-order valence-electron chi connectivity index (χ3n) is 6.16. The van der Waals surface area contributed by atoms with E-state index in [1.807, 2.05) is 0 Å². The number of carbonyl (C=O) groups is 1. The van der Waals surface area contributed by atoms with E-state index in [0.717, 1.165) is 0 Å². The molecule has 41 heavy (non-hydrogen) atoms. The van der Waals surface area contributed by atoms with Crippen LogP contribution in [0, 0.1) is 0 Å². The fraction of sp³-hybridized carbons (Fsp3) is 0.440. The molecular formula is C25H33ClN7O7P. The van der Waals surface area contributed by atoms with Crippen LogP contribution in [0.25, 0.3) is 11.2 Å². The number of carbonyl (C=O) groups excluding carboxylic acids is 1. The van der Waals surface area contributed by atoms with Crippen molar-refractivity contribution in [2.75, 3.05) is 24.7 Å². The SMILES string of the molecule is C=C[C@@]1(Cl)[C@H](O)[C@@H](CO[P@@](=O)(N[C@H](C)C(=O)OC(C)C)Oc2ccccc2)O[C@H]1n1cnc2c(NC)nc(N)nc21. The Labute approximate surface area is 241 Å². The van der Waals surface area contributed by atoms with Gasteiger partial charge in [0.25, 0.3) is 0 Å². The van der Waals surface area contributed by atoms with E-state index in [2.05, 4.69) is 31.9 Å². The zero-order valence-corrected chi connectivity index (χ0v) is 24.6. The number of esters is 1. The normalized spacial score (nSPS) is 24.6. The Kier molecular flexibility index (Phi) is 9.22. The molecule has 1 aliphatic rings. The van der Waals surface area contributed by atoms with E-state index in [-0.39, 0.29) is 17.8 Å². The van der Waals surface area contributed by atoms with Crippen LogP contribution in [-0.4, -0.2) is 73.5 Å². The number of hydrogen-bond acceptors (Lipinski definition) is 12. The maximum Gasteiger partial charge on any atom is 0.459 e. The molecule has 3 aromatic rings. The number of alkyl halides is 1. The van der Waals surface area contributed by atoms with Gasteiger partial charge in [-0.15, -0.1) is 18.2 Å². The Morgan fingerprint density at radius 2 is 2.05 bits per heavy atom. The number of rotatable bonds is 12. The van der Waals surface area contributed by atoms with Crippen LogP contribution in [0.15, 0.2) is 49.3 Å². The van der Waals surface area contributed by atoms with Gasteiger partial charge in [0.1, 0.15) is 28.9 Å². The first-order valence-corrected chi connectivity index (χ1v) is 14.6. The van der Waals surface area contributed by atoms with E-state index in [9.17, 15) is 14.5 Å². The molecule has 1 aromatic carbocycles. The maximum atomic E-state index is 13.9. The number of anilines is 2. The Balaban J connectivity index is 1.59. The summed E-state index contributed by atoms with van der Waals surface area (Å²) in [5.74, 6) is -0.0632. The second-order valence-electron chi connectivity index (χ2n) is 9.54. The number of fused-ring (bicyclic) bond motifs is 1. The number of nitrogens with two attached hydrogens (primary N) is 1. The fourth-order valence-electron chi connectivity index (χ4n) is 4.19. The molecule has 0 saturated carbocycles. The summed E-state index contributed by atoms with van der Waals surface area (Å²) >= 11 is 6.86. The molecule has 1 aliphatic heterocycles. The summed E-state index contributed by atoms with van der Waals surface area (Å²) in [6.07, 6.45) is -1.21. The standard InChI is InChI=1S/C25H33ClN7O7P/c1-6-25(26)19(34)17(39-23(25)33-13-29-18-20(28-5)30-24(27)31-21(18)33)12-37-41(36,40-16-10-8-7-9-11-16)32-15(4)22(35)38-14(2)3/h6-11,13-15,17,19,23,34H,1,12H2,2-5H3,(H,32,36)(H3,27,28,30,31)/t15-,17-,19-,23-,25-,41+/m1/s1. The van der Waals surface area contributed by atoms with Crippen molar-refractivity contribution >= 4 is 48.2 Å². The molecule has 3 heterocycles. The van der Waals surface area contributed by atoms with Crippen molar-refractivity contribution in [3.05, 3.63) is 49.3 Å². The number of halogens is 1. The third-order valence-corrected chi connectivity index (χ3v) is 8.37. The van der Waals surface area contributed by atoms with Crippen molar-refractivity contribution in [3.63, 3.8) is 0 Å². The van der Waals surface area contributed by atoms with Crippen LogP contribution in [0.5, 0.6) is 5.75 Å². The zero-order valence-electron chi connectivity index (χ0n) is 22.9. The van der Waals surface area contributed by atoms with Gasteiger partial charge in [-0.25, -0.2) is 9.55 Å². The number of hydrogen-bond donors (Lipinski definition) is 4. The summed E-state index contributed by atoms with van der Waals surface area (Å²) in [5.41, 5.74) is 6.57. The van der Waals surface area contributed by atoms with E-state index >= 15 is 0 Å². The first-order chi connectivity index (χ1) is 19.4. The molecule has 0 aliphatic carbocycles. The molecule has 6 atom stereocenters. The number of aliphatic hydroxyl groups is 1. The van der Waals surface area contributed by atoms with Crippen LogP contribution in [0.2, 0.25) is 0 Å². The predicted molar refractivity (Wildman–Crippen MR) is 152 cm³/mol. The number of aliphatic hydroxyl groups excluding tert-OH is 1. The van der Waals surface area contributed by atoms with E-state index in [1.54, 1.807) is 51.2 Å². The summed E-state index contributed by atoms with van der Waals surface area (Å²) in [5, 5.41) is 16.7. The molecule has 4 rings (SSSR count). The molecular weight excluding hydrogens is 577 g/mol. The molecule has 2 aromatic heterocycles. The molecule has 5 N–H and O–H groups in total. The number of aromatic nitrogens is 4. The lowest BCUT2D eigenvalue weighted by molar-refractivity contribution is -0.149. The number of nitrogens with one attached hydrogen (secondary N) is 2. The van der Waals surface area contributed by atoms with E-state index < -0.39 is 49.7 Å². The summed E-state index contributed by atoms with van der Waals surface area (Å²) in [7, 11) is -2.58. The van der Waals surface area contributed by atoms with E-state index in [4.69, 9.17) is 35.9 Å². The van der Waals surface area contributed by atoms with Gasteiger partial charge in [-0.1, -0.05) is 24.3 Å². The van der Waals surface area contributed by atoms with Crippen LogP contribution in [0.3, 0.4) is 0 Å². The van der Waals surface area contributed by atoms with Crippen molar-refractivity contribution in [3.8, 4) is 5.75 Å². The minimum atomic E-state index is -4.24. The van der Waals surface area contributed by atoms with Crippen LogP contribution < -0.4 is 20.7 Å². The summed E-state index contributed by atoms with van der Waals surface area (Å²) in [6.45, 7) is 8.18. The molecule has 0 bridgehead atoms. The smallest absolute Gasteiger partial charge is 0.459 e. The zero-order chi connectivity index (χ0) is 29.9. The van der Waals surface area contributed by atoms with E-state index in [1.165, 1.54) is 23.9 Å². The Morgan fingerprint density at radius 1 is 1.34 bits per heavy atom. The van der Waals surface area contributed by atoms with Crippen LogP contribution >= 0.6 is 19.3 Å². The second-order valence-corrected chi connectivity index (χ2v) is 11.9. The van der Waals surface area contributed by atoms with Gasteiger partial charge in [-0.2, -0.15) is 15.1 Å². The number of nitrogen functional groups attached to an aromatic ring is 1. The lowest BCUT2D eigenvalue weighted by Crippen LogP contribution is -2.41. The van der Waals surface area contributed by atoms with Gasteiger partial charge >= 0.3 is 13.7 Å². The van der Waals surface area contributed by atoms with E-state index in [0.29, 0.717) is 17.0 Å². The molecule has 14 nitrogen and oxygen atoms in total. The lowest BCUT2D eigenvalue weighted by atomic mass is 9.99. The molecule has 1 saturated heterocycles. The summed E-state index contributed by atoms with van der Waals surface area (Å²) < 4.78 is 38.1. The van der Waals surface area contributed by atoms with Gasteiger partial charge in [-0.05, 0) is 32.9 Å².